The number of aromatic nitrogens is 2. The van der Waals surface area contributed by atoms with Crippen molar-refractivity contribution in [3.8, 4) is 11.4 Å². The molecule has 0 spiro atoms. The summed E-state index contributed by atoms with van der Waals surface area (Å²) in [4.78, 5) is 24.2. The largest absolute Gasteiger partial charge is 0.493 e. The second kappa shape index (κ2) is 7.78. The van der Waals surface area contributed by atoms with Crippen molar-refractivity contribution in [2.24, 2.45) is 0 Å². The Kier molecular flexibility index (Phi) is 5.14. The van der Waals surface area contributed by atoms with E-state index in [9.17, 15) is 22.8 Å². The number of methoxy groups -OCH3 is 1. The minimum atomic E-state index is -4.50. The highest BCUT2D eigenvalue weighted by Gasteiger charge is 2.31. The van der Waals surface area contributed by atoms with Gasteiger partial charge in [0.2, 0.25) is 5.91 Å². The van der Waals surface area contributed by atoms with E-state index < -0.39 is 17.6 Å². The fourth-order valence-corrected chi connectivity index (χ4v) is 3.27. The van der Waals surface area contributed by atoms with Crippen LogP contribution in [0.25, 0.3) is 5.69 Å². The van der Waals surface area contributed by atoms with Crippen molar-refractivity contribution in [2.45, 2.75) is 19.0 Å². The van der Waals surface area contributed by atoms with E-state index in [-0.39, 0.29) is 23.0 Å². The molecule has 0 radical (unpaired) electrons. The first kappa shape index (κ1) is 20.5. The lowest BCUT2D eigenvalue weighted by Crippen LogP contribution is -2.19. The standard InChI is InChI=1S/C21H17F3N4O3/c1-31-17-11-28(15-4-2-3-13(10-15)21(22,23)24)27-19(17)20(30)25-14-6-7-16-12(9-14)5-8-18(29)26-16/h2-4,6-7,9-11H,5,8H2,1H3,(H,25,30)(H,26,29). The third-order valence-electron chi connectivity index (χ3n) is 4.81. The number of fused-ring (bicyclic) bond motifs is 1. The molecule has 10 heteroatoms. The van der Waals surface area contributed by atoms with Crippen molar-refractivity contribution >= 4 is 23.2 Å². The molecule has 0 bridgehead atoms. The molecule has 1 aliphatic heterocycles. The van der Waals surface area contributed by atoms with Crippen LogP contribution in [0.2, 0.25) is 0 Å². The monoisotopic (exact) mass is 430 g/mol. The number of nitrogens with one attached hydrogen (secondary N) is 2. The molecular weight excluding hydrogens is 413 g/mol. The number of hydrogen-bond acceptors (Lipinski definition) is 4. The van der Waals surface area contributed by atoms with Gasteiger partial charge < -0.3 is 15.4 Å². The summed E-state index contributed by atoms with van der Waals surface area (Å²) < 4.78 is 45.4. The lowest BCUT2D eigenvalue weighted by atomic mass is 10.0. The number of hydrogen-bond donors (Lipinski definition) is 2. The Hall–Kier alpha value is -3.82. The van der Waals surface area contributed by atoms with Gasteiger partial charge in [0.15, 0.2) is 11.4 Å². The number of anilines is 2. The van der Waals surface area contributed by atoms with Crippen LogP contribution in [0, 0.1) is 0 Å². The Labute approximate surface area is 174 Å². The first-order valence-corrected chi connectivity index (χ1v) is 9.30. The molecule has 3 aromatic rings. The zero-order valence-electron chi connectivity index (χ0n) is 16.3. The fourth-order valence-electron chi connectivity index (χ4n) is 3.27. The molecule has 0 fully saturated rings. The van der Waals surface area contributed by atoms with Crippen molar-refractivity contribution in [2.75, 3.05) is 17.7 Å². The topological polar surface area (TPSA) is 85.2 Å². The van der Waals surface area contributed by atoms with E-state index in [0.717, 1.165) is 22.4 Å². The van der Waals surface area contributed by atoms with E-state index in [1.54, 1.807) is 18.2 Å². The van der Waals surface area contributed by atoms with E-state index in [0.29, 0.717) is 24.2 Å². The third-order valence-corrected chi connectivity index (χ3v) is 4.81. The van der Waals surface area contributed by atoms with Crippen LogP contribution in [0.15, 0.2) is 48.7 Å². The SMILES string of the molecule is COc1cn(-c2cccc(C(F)(F)F)c2)nc1C(=O)Nc1ccc2c(c1)CCC(=O)N2. The molecule has 7 nitrogen and oxygen atoms in total. The second-order valence-electron chi connectivity index (χ2n) is 6.91. The predicted molar refractivity (Wildman–Crippen MR) is 106 cm³/mol. The van der Waals surface area contributed by atoms with Crippen molar-refractivity contribution in [1.29, 1.82) is 0 Å². The van der Waals surface area contributed by atoms with Crippen LogP contribution in [0.5, 0.6) is 5.75 Å². The van der Waals surface area contributed by atoms with Gasteiger partial charge in [0.25, 0.3) is 5.91 Å². The summed E-state index contributed by atoms with van der Waals surface area (Å²) in [7, 11) is 1.34. The van der Waals surface area contributed by atoms with Crippen LogP contribution < -0.4 is 15.4 Å². The number of nitrogens with zero attached hydrogens (tertiary/aromatic N) is 2. The van der Waals surface area contributed by atoms with Crippen LogP contribution in [-0.4, -0.2) is 28.7 Å². The summed E-state index contributed by atoms with van der Waals surface area (Å²) in [5.74, 6) is -0.531. The summed E-state index contributed by atoms with van der Waals surface area (Å²) in [5, 5.41) is 9.59. The number of carbonyl (C=O) groups is 2. The van der Waals surface area contributed by atoms with Gasteiger partial charge in [-0.05, 0) is 48.4 Å². The number of halogens is 3. The molecule has 2 heterocycles. The number of amides is 2. The lowest BCUT2D eigenvalue weighted by molar-refractivity contribution is -0.137. The van der Waals surface area contributed by atoms with E-state index in [1.807, 2.05) is 0 Å². The molecule has 0 saturated heterocycles. The highest BCUT2D eigenvalue weighted by atomic mass is 19.4. The maximum Gasteiger partial charge on any atom is 0.416 e. The first-order chi connectivity index (χ1) is 14.7. The molecular formula is C21H17F3N4O3. The third kappa shape index (κ3) is 4.23. The van der Waals surface area contributed by atoms with E-state index >= 15 is 0 Å². The Balaban J connectivity index is 1.60. The van der Waals surface area contributed by atoms with Gasteiger partial charge in [-0.1, -0.05) is 6.07 Å². The smallest absolute Gasteiger partial charge is 0.416 e. The zero-order valence-corrected chi connectivity index (χ0v) is 16.3. The Morgan fingerprint density at radius 1 is 1.19 bits per heavy atom. The molecule has 31 heavy (non-hydrogen) atoms. The van der Waals surface area contributed by atoms with Crippen molar-refractivity contribution in [1.82, 2.24) is 9.78 Å². The van der Waals surface area contributed by atoms with E-state index in [4.69, 9.17) is 4.74 Å². The second-order valence-corrected chi connectivity index (χ2v) is 6.91. The normalized spacial score (nSPS) is 13.4. The van der Waals surface area contributed by atoms with Gasteiger partial charge in [0, 0.05) is 17.8 Å². The summed E-state index contributed by atoms with van der Waals surface area (Å²) in [6.07, 6.45) is -2.25. The summed E-state index contributed by atoms with van der Waals surface area (Å²) in [6, 6.07) is 9.68. The maximum absolute atomic E-state index is 13.0. The van der Waals surface area contributed by atoms with E-state index in [2.05, 4.69) is 15.7 Å². The van der Waals surface area contributed by atoms with Gasteiger partial charge in [0.05, 0.1) is 24.6 Å². The summed E-state index contributed by atoms with van der Waals surface area (Å²) in [6.45, 7) is 0. The van der Waals surface area contributed by atoms with Gasteiger partial charge in [-0.3, -0.25) is 9.59 Å². The van der Waals surface area contributed by atoms with Gasteiger partial charge in [0.1, 0.15) is 0 Å². The Bertz CT molecular complexity index is 1170. The Morgan fingerprint density at radius 3 is 2.74 bits per heavy atom. The average Bonchev–Trinajstić information content (AvgIpc) is 3.18. The number of aryl methyl sites for hydroxylation is 1. The van der Waals surface area contributed by atoms with Crippen molar-refractivity contribution in [3.05, 3.63) is 65.5 Å². The maximum atomic E-state index is 13.0. The number of ether oxygens (including phenoxy) is 1. The number of rotatable bonds is 4. The minimum absolute atomic E-state index is 0.0610. The van der Waals surface area contributed by atoms with Gasteiger partial charge in [-0.25, -0.2) is 4.68 Å². The fraction of sp³-hybridized carbons (Fsp3) is 0.190. The summed E-state index contributed by atoms with van der Waals surface area (Å²) in [5.41, 5.74) is 1.31. The molecule has 160 valence electrons. The lowest BCUT2D eigenvalue weighted by Gasteiger charge is -2.17. The zero-order chi connectivity index (χ0) is 22.2. The van der Waals surface area contributed by atoms with Crippen molar-refractivity contribution in [3.63, 3.8) is 0 Å². The Morgan fingerprint density at radius 2 is 2.00 bits per heavy atom. The van der Waals surface area contributed by atoms with Crippen LogP contribution in [-0.2, 0) is 17.4 Å². The van der Waals surface area contributed by atoms with Crippen LogP contribution in [0.3, 0.4) is 0 Å². The van der Waals surface area contributed by atoms with Gasteiger partial charge >= 0.3 is 6.18 Å². The summed E-state index contributed by atoms with van der Waals surface area (Å²) >= 11 is 0. The molecule has 2 aromatic carbocycles. The molecule has 1 aromatic heterocycles. The number of carbonyl (C=O) groups excluding carboxylic acids is 2. The molecule has 0 atom stereocenters. The highest BCUT2D eigenvalue weighted by molar-refractivity contribution is 6.05. The highest BCUT2D eigenvalue weighted by Crippen LogP contribution is 2.31. The molecule has 2 N–H and O–H groups in total. The van der Waals surface area contributed by atoms with E-state index in [1.165, 1.54) is 25.4 Å². The predicted octanol–water partition coefficient (Wildman–Crippen LogP) is 4.04. The molecule has 1 aliphatic rings. The molecule has 0 unspecified atom stereocenters. The first-order valence-electron chi connectivity index (χ1n) is 9.30. The molecule has 2 amide bonds. The minimum Gasteiger partial charge on any atom is -0.493 e. The molecule has 0 aliphatic carbocycles. The number of benzene rings is 2. The number of alkyl halides is 3. The molecule has 0 saturated carbocycles. The van der Waals surface area contributed by atoms with Crippen LogP contribution in [0.4, 0.5) is 24.5 Å². The molecule has 4 rings (SSSR count). The average molecular weight is 430 g/mol. The quantitative estimate of drug-likeness (QED) is 0.654. The van der Waals surface area contributed by atoms with Crippen LogP contribution >= 0.6 is 0 Å². The van der Waals surface area contributed by atoms with Crippen LogP contribution in [0.1, 0.15) is 28.0 Å². The van der Waals surface area contributed by atoms with Crippen molar-refractivity contribution < 1.29 is 27.5 Å². The van der Waals surface area contributed by atoms with Gasteiger partial charge in [-0.2, -0.15) is 18.3 Å². The van der Waals surface area contributed by atoms with Gasteiger partial charge in [-0.15, -0.1) is 0 Å².